The van der Waals surface area contributed by atoms with Gasteiger partial charge in [-0.3, -0.25) is 4.98 Å². The Kier molecular flexibility index (Phi) is 5.03. The van der Waals surface area contributed by atoms with Gasteiger partial charge in [0.2, 0.25) is 0 Å². The molecule has 2 aromatic carbocycles. The Hall–Kier alpha value is -3.61. The lowest BCUT2D eigenvalue weighted by molar-refractivity contribution is -0.274. The Balaban J connectivity index is 1.62. The molecule has 0 saturated carbocycles. The van der Waals surface area contributed by atoms with E-state index in [1.165, 1.54) is 24.3 Å². The molecule has 2 aromatic heterocycles. The van der Waals surface area contributed by atoms with Crippen LogP contribution in [0.2, 0.25) is 0 Å². The molecule has 0 aliphatic heterocycles. The molecule has 152 valence electrons. The Bertz CT molecular complexity index is 1190. The van der Waals surface area contributed by atoms with Crippen LogP contribution in [0.25, 0.3) is 33.4 Å². The van der Waals surface area contributed by atoms with Gasteiger partial charge in [-0.05, 0) is 67.1 Å². The van der Waals surface area contributed by atoms with Gasteiger partial charge in [-0.1, -0.05) is 0 Å². The standard InChI is InChI=1S/C23H17F3N2O2/c1-14-11-16-5-9-19(29-2)12-21(16)28-22(14)17-6-10-20(27-13-17)15-3-7-18(8-4-15)30-23(24,25)26/h3-13H,1-2H3. The normalized spacial score (nSPS) is 11.5. The van der Waals surface area contributed by atoms with Crippen LogP contribution in [0.5, 0.6) is 11.5 Å². The Morgan fingerprint density at radius 1 is 0.833 bits per heavy atom. The number of nitrogens with zero attached hydrogens (tertiary/aromatic N) is 2. The number of rotatable bonds is 4. The van der Waals surface area contributed by atoms with E-state index in [1.807, 2.05) is 37.3 Å². The maximum absolute atomic E-state index is 12.3. The zero-order chi connectivity index (χ0) is 21.3. The van der Waals surface area contributed by atoms with Crippen LogP contribution in [0.4, 0.5) is 13.2 Å². The Labute approximate surface area is 170 Å². The summed E-state index contributed by atoms with van der Waals surface area (Å²) in [6.45, 7) is 1.99. The summed E-state index contributed by atoms with van der Waals surface area (Å²) < 4.78 is 46.1. The van der Waals surface area contributed by atoms with Gasteiger partial charge in [-0.25, -0.2) is 4.98 Å². The number of alkyl halides is 3. The van der Waals surface area contributed by atoms with Crippen LogP contribution in [0.15, 0.2) is 66.9 Å². The van der Waals surface area contributed by atoms with E-state index in [4.69, 9.17) is 9.72 Å². The SMILES string of the molecule is COc1ccc2cc(C)c(-c3ccc(-c4ccc(OC(F)(F)F)cc4)nc3)nc2c1. The minimum Gasteiger partial charge on any atom is -0.497 e. The van der Waals surface area contributed by atoms with Crippen LogP contribution in [0, 0.1) is 6.92 Å². The molecule has 0 amide bonds. The number of ether oxygens (including phenoxy) is 2. The van der Waals surface area contributed by atoms with E-state index >= 15 is 0 Å². The van der Waals surface area contributed by atoms with Crippen molar-refractivity contribution in [2.24, 2.45) is 0 Å². The van der Waals surface area contributed by atoms with Crippen molar-refractivity contribution in [2.75, 3.05) is 7.11 Å². The smallest absolute Gasteiger partial charge is 0.497 e. The second-order valence-electron chi connectivity index (χ2n) is 6.72. The molecule has 0 saturated heterocycles. The van der Waals surface area contributed by atoms with Crippen molar-refractivity contribution in [3.05, 3.63) is 72.4 Å². The molecule has 0 unspecified atom stereocenters. The quantitative estimate of drug-likeness (QED) is 0.403. The number of aryl methyl sites for hydroxylation is 1. The lowest BCUT2D eigenvalue weighted by atomic mass is 10.0. The molecule has 0 bridgehead atoms. The first-order chi connectivity index (χ1) is 14.3. The zero-order valence-electron chi connectivity index (χ0n) is 16.2. The van der Waals surface area contributed by atoms with Gasteiger partial charge >= 0.3 is 6.36 Å². The van der Waals surface area contributed by atoms with E-state index in [-0.39, 0.29) is 5.75 Å². The molecule has 0 fully saturated rings. The van der Waals surface area contributed by atoms with Gasteiger partial charge < -0.3 is 9.47 Å². The number of halogens is 3. The molecule has 0 spiro atoms. The number of benzene rings is 2. The highest BCUT2D eigenvalue weighted by molar-refractivity contribution is 5.84. The monoisotopic (exact) mass is 410 g/mol. The fraction of sp³-hybridized carbons (Fsp3) is 0.130. The number of aromatic nitrogens is 2. The predicted molar refractivity (Wildman–Crippen MR) is 108 cm³/mol. The molecule has 2 heterocycles. The number of hydrogen-bond donors (Lipinski definition) is 0. The molecule has 0 aliphatic rings. The van der Waals surface area contributed by atoms with Gasteiger partial charge in [-0.15, -0.1) is 13.2 Å². The molecule has 4 aromatic rings. The van der Waals surface area contributed by atoms with Crippen LogP contribution >= 0.6 is 0 Å². The largest absolute Gasteiger partial charge is 0.573 e. The Morgan fingerprint density at radius 3 is 2.17 bits per heavy atom. The molecule has 0 N–H and O–H groups in total. The highest BCUT2D eigenvalue weighted by Crippen LogP contribution is 2.29. The number of pyridine rings is 2. The molecule has 0 aliphatic carbocycles. The minimum absolute atomic E-state index is 0.269. The average molecular weight is 410 g/mol. The zero-order valence-corrected chi connectivity index (χ0v) is 16.2. The molecular formula is C23H17F3N2O2. The van der Waals surface area contributed by atoms with Crippen LogP contribution < -0.4 is 9.47 Å². The number of hydrogen-bond acceptors (Lipinski definition) is 4. The molecule has 7 heteroatoms. The van der Waals surface area contributed by atoms with Gasteiger partial charge in [0.05, 0.1) is 24.0 Å². The summed E-state index contributed by atoms with van der Waals surface area (Å²) in [4.78, 5) is 9.22. The topological polar surface area (TPSA) is 44.2 Å². The maximum atomic E-state index is 12.3. The van der Waals surface area contributed by atoms with Gasteiger partial charge in [0.1, 0.15) is 11.5 Å². The van der Waals surface area contributed by atoms with Crippen molar-refractivity contribution in [2.45, 2.75) is 13.3 Å². The molecule has 4 nitrogen and oxygen atoms in total. The third-order valence-corrected chi connectivity index (χ3v) is 4.64. The summed E-state index contributed by atoms with van der Waals surface area (Å²) in [6.07, 6.45) is -3.01. The van der Waals surface area contributed by atoms with Gasteiger partial charge in [0.25, 0.3) is 0 Å². The molecule has 0 radical (unpaired) electrons. The second kappa shape index (κ2) is 7.67. The summed E-state index contributed by atoms with van der Waals surface area (Å²) in [5, 5.41) is 1.02. The third-order valence-electron chi connectivity index (χ3n) is 4.64. The summed E-state index contributed by atoms with van der Waals surface area (Å²) >= 11 is 0. The van der Waals surface area contributed by atoms with E-state index in [2.05, 4.69) is 15.8 Å². The molecule has 4 rings (SSSR count). The van der Waals surface area contributed by atoms with Crippen molar-refractivity contribution in [1.82, 2.24) is 9.97 Å². The first-order valence-corrected chi connectivity index (χ1v) is 9.10. The number of methoxy groups -OCH3 is 1. The van der Waals surface area contributed by atoms with Crippen molar-refractivity contribution in [3.63, 3.8) is 0 Å². The van der Waals surface area contributed by atoms with Crippen molar-refractivity contribution in [1.29, 1.82) is 0 Å². The van der Waals surface area contributed by atoms with Crippen molar-refractivity contribution >= 4 is 10.9 Å². The lowest BCUT2D eigenvalue weighted by Gasteiger charge is -2.10. The summed E-state index contributed by atoms with van der Waals surface area (Å²) in [6, 6.07) is 17.1. The van der Waals surface area contributed by atoms with Crippen LogP contribution in [0.1, 0.15) is 5.56 Å². The van der Waals surface area contributed by atoms with E-state index in [0.717, 1.165) is 33.5 Å². The van der Waals surface area contributed by atoms with E-state index < -0.39 is 6.36 Å². The second-order valence-corrected chi connectivity index (χ2v) is 6.72. The highest BCUT2D eigenvalue weighted by Gasteiger charge is 2.30. The molecule has 0 atom stereocenters. The fourth-order valence-electron chi connectivity index (χ4n) is 3.20. The van der Waals surface area contributed by atoms with Gasteiger partial charge in [-0.2, -0.15) is 0 Å². The summed E-state index contributed by atoms with van der Waals surface area (Å²) in [7, 11) is 1.61. The minimum atomic E-state index is -4.71. The average Bonchev–Trinajstić information content (AvgIpc) is 2.72. The van der Waals surface area contributed by atoms with Gasteiger partial charge in [0.15, 0.2) is 0 Å². The maximum Gasteiger partial charge on any atom is 0.573 e. The Morgan fingerprint density at radius 2 is 1.53 bits per heavy atom. The van der Waals surface area contributed by atoms with E-state index in [0.29, 0.717) is 11.3 Å². The van der Waals surface area contributed by atoms with Crippen molar-refractivity contribution < 1.29 is 22.6 Å². The molecular weight excluding hydrogens is 393 g/mol. The van der Waals surface area contributed by atoms with Crippen molar-refractivity contribution in [3.8, 4) is 34.0 Å². The highest BCUT2D eigenvalue weighted by atomic mass is 19.4. The molecule has 30 heavy (non-hydrogen) atoms. The van der Waals surface area contributed by atoms with Crippen LogP contribution in [0.3, 0.4) is 0 Å². The first kappa shape index (κ1) is 19.7. The summed E-state index contributed by atoms with van der Waals surface area (Å²) in [5.74, 6) is 0.463. The lowest BCUT2D eigenvalue weighted by Crippen LogP contribution is -2.16. The van der Waals surface area contributed by atoms with Gasteiger partial charge in [0, 0.05) is 28.8 Å². The predicted octanol–water partition coefficient (Wildman–Crippen LogP) is 6.18. The van der Waals surface area contributed by atoms with E-state index in [9.17, 15) is 13.2 Å². The third kappa shape index (κ3) is 4.20. The fourth-order valence-corrected chi connectivity index (χ4v) is 3.20. The van der Waals surface area contributed by atoms with Crippen LogP contribution in [-0.4, -0.2) is 23.4 Å². The summed E-state index contributed by atoms with van der Waals surface area (Å²) in [5.41, 5.74) is 4.80. The van der Waals surface area contributed by atoms with Crippen LogP contribution in [-0.2, 0) is 0 Å². The first-order valence-electron chi connectivity index (χ1n) is 9.10. The van der Waals surface area contributed by atoms with E-state index in [1.54, 1.807) is 13.3 Å². The number of fused-ring (bicyclic) bond motifs is 1.